The van der Waals surface area contributed by atoms with Crippen LogP contribution in [0.2, 0.25) is 0 Å². The van der Waals surface area contributed by atoms with Gasteiger partial charge in [-0.05, 0) is 23.6 Å². The molecule has 0 radical (unpaired) electrons. The Kier molecular flexibility index (Phi) is 7.08. The molecule has 0 saturated heterocycles. The summed E-state index contributed by atoms with van der Waals surface area (Å²) in [6.07, 6.45) is 1.70. The molecule has 0 amide bonds. The molecule has 2 rings (SSSR count). The Balaban J connectivity index is 2.03. The number of guanidine groups is 1. The van der Waals surface area contributed by atoms with Gasteiger partial charge in [0.1, 0.15) is 0 Å². The number of nitrogens with zero attached hydrogens (tertiary/aromatic N) is 2. The van der Waals surface area contributed by atoms with Crippen LogP contribution in [0.15, 0.2) is 41.5 Å². The zero-order chi connectivity index (χ0) is 18.9. The van der Waals surface area contributed by atoms with Gasteiger partial charge in [-0.3, -0.25) is 0 Å². The molecule has 0 bridgehead atoms. The van der Waals surface area contributed by atoms with Crippen LogP contribution in [0.3, 0.4) is 0 Å². The molecule has 7 heteroatoms. The SMILES string of the molecule is COc1cccc(OC)c1Oc1ccc(CN=C(N)NCC(C)C)cn1. The van der Waals surface area contributed by atoms with E-state index in [0.717, 1.165) is 12.1 Å². The van der Waals surface area contributed by atoms with Crippen molar-refractivity contribution in [2.45, 2.75) is 20.4 Å². The lowest BCUT2D eigenvalue weighted by molar-refractivity contribution is 0.342. The maximum absolute atomic E-state index is 5.83. The van der Waals surface area contributed by atoms with E-state index >= 15 is 0 Å². The molecule has 1 aromatic carbocycles. The third-order valence-electron chi connectivity index (χ3n) is 3.51. The number of aliphatic imine (C=N–C) groups is 1. The van der Waals surface area contributed by atoms with Crippen LogP contribution in [0, 0.1) is 5.92 Å². The largest absolute Gasteiger partial charge is 0.493 e. The van der Waals surface area contributed by atoms with Crippen LogP contribution < -0.4 is 25.3 Å². The molecule has 1 heterocycles. The molecule has 0 aliphatic heterocycles. The van der Waals surface area contributed by atoms with Crippen molar-refractivity contribution in [3.63, 3.8) is 0 Å². The number of benzene rings is 1. The van der Waals surface area contributed by atoms with Crippen molar-refractivity contribution in [2.75, 3.05) is 20.8 Å². The Hall–Kier alpha value is -2.96. The maximum Gasteiger partial charge on any atom is 0.219 e. The van der Waals surface area contributed by atoms with Crippen molar-refractivity contribution in [2.24, 2.45) is 16.6 Å². The lowest BCUT2D eigenvalue weighted by Gasteiger charge is -2.13. The minimum Gasteiger partial charge on any atom is -0.493 e. The van der Waals surface area contributed by atoms with Crippen molar-refractivity contribution in [3.8, 4) is 23.1 Å². The molecule has 0 aliphatic rings. The fraction of sp³-hybridized carbons (Fsp3) is 0.368. The van der Waals surface area contributed by atoms with Gasteiger partial charge < -0.3 is 25.3 Å². The number of rotatable bonds is 8. The van der Waals surface area contributed by atoms with E-state index in [1.54, 1.807) is 38.6 Å². The van der Waals surface area contributed by atoms with E-state index in [1.807, 2.05) is 12.1 Å². The van der Waals surface area contributed by atoms with E-state index in [-0.39, 0.29) is 0 Å². The average molecular weight is 358 g/mol. The molecule has 140 valence electrons. The fourth-order valence-electron chi connectivity index (χ4n) is 2.13. The number of hydrogen-bond acceptors (Lipinski definition) is 5. The Labute approximate surface area is 154 Å². The predicted octanol–water partition coefficient (Wildman–Crippen LogP) is 2.95. The minimum atomic E-state index is 0.429. The monoisotopic (exact) mass is 358 g/mol. The highest BCUT2D eigenvalue weighted by molar-refractivity contribution is 5.77. The van der Waals surface area contributed by atoms with Crippen LogP contribution in [0.25, 0.3) is 0 Å². The van der Waals surface area contributed by atoms with Gasteiger partial charge in [0.25, 0.3) is 0 Å². The number of pyridine rings is 1. The van der Waals surface area contributed by atoms with Crippen LogP contribution in [-0.2, 0) is 6.54 Å². The molecule has 0 saturated carbocycles. The summed E-state index contributed by atoms with van der Waals surface area (Å²) in [7, 11) is 3.15. The van der Waals surface area contributed by atoms with Gasteiger partial charge in [-0.1, -0.05) is 26.0 Å². The van der Waals surface area contributed by atoms with Gasteiger partial charge in [0.2, 0.25) is 11.6 Å². The number of hydrogen-bond donors (Lipinski definition) is 2. The molecular formula is C19H26N4O3. The quantitative estimate of drug-likeness (QED) is 0.557. The molecule has 26 heavy (non-hydrogen) atoms. The second-order valence-corrected chi connectivity index (χ2v) is 6.07. The van der Waals surface area contributed by atoms with Crippen LogP contribution in [0.1, 0.15) is 19.4 Å². The van der Waals surface area contributed by atoms with Crippen molar-refractivity contribution in [1.29, 1.82) is 0 Å². The summed E-state index contributed by atoms with van der Waals surface area (Å²) in [6.45, 7) is 5.46. The van der Waals surface area contributed by atoms with Crippen LogP contribution in [0.4, 0.5) is 0 Å². The maximum atomic E-state index is 5.83. The molecular weight excluding hydrogens is 332 g/mol. The number of para-hydroxylation sites is 1. The zero-order valence-corrected chi connectivity index (χ0v) is 15.7. The fourth-order valence-corrected chi connectivity index (χ4v) is 2.13. The number of nitrogens with two attached hydrogens (primary N) is 1. The Bertz CT molecular complexity index is 708. The van der Waals surface area contributed by atoms with Crippen molar-refractivity contribution < 1.29 is 14.2 Å². The first kappa shape index (κ1) is 19.4. The predicted molar refractivity (Wildman–Crippen MR) is 102 cm³/mol. The van der Waals surface area contributed by atoms with Crippen LogP contribution in [0.5, 0.6) is 23.1 Å². The number of nitrogens with one attached hydrogen (secondary N) is 1. The van der Waals surface area contributed by atoms with Gasteiger partial charge in [-0.2, -0.15) is 0 Å². The summed E-state index contributed by atoms with van der Waals surface area (Å²) in [5.41, 5.74) is 6.76. The lowest BCUT2D eigenvalue weighted by atomic mass is 10.2. The molecule has 3 N–H and O–H groups in total. The first-order chi connectivity index (χ1) is 12.5. The van der Waals surface area contributed by atoms with Crippen molar-refractivity contribution in [3.05, 3.63) is 42.1 Å². The molecule has 0 aliphatic carbocycles. The lowest BCUT2D eigenvalue weighted by Crippen LogP contribution is -2.34. The first-order valence-corrected chi connectivity index (χ1v) is 8.41. The van der Waals surface area contributed by atoms with E-state index in [1.165, 1.54) is 0 Å². The van der Waals surface area contributed by atoms with Gasteiger partial charge in [0.15, 0.2) is 17.5 Å². The van der Waals surface area contributed by atoms with E-state index in [4.69, 9.17) is 19.9 Å². The van der Waals surface area contributed by atoms with E-state index in [2.05, 4.69) is 29.1 Å². The summed E-state index contributed by atoms with van der Waals surface area (Å²) >= 11 is 0. The smallest absolute Gasteiger partial charge is 0.219 e. The molecule has 1 aromatic heterocycles. The summed E-state index contributed by atoms with van der Waals surface area (Å²) in [6, 6.07) is 9.09. The summed E-state index contributed by atoms with van der Waals surface area (Å²) in [4.78, 5) is 8.61. The standard InChI is InChI=1S/C19H26N4O3/c1-13(2)10-22-19(20)23-12-14-8-9-17(21-11-14)26-18-15(24-3)6-5-7-16(18)25-4/h5-9,11,13H,10,12H2,1-4H3,(H3,20,22,23). The Morgan fingerprint density at radius 3 is 2.38 bits per heavy atom. The van der Waals surface area contributed by atoms with E-state index in [0.29, 0.717) is 41.6 Å². The number of ether oxygens (including phenoxy) is 3. The molecule has 2 aromatic rings. The van der Waals surface area contributed by atoms with Gasteiger partial charge in [0.05, 0.1) is 20.8 Å². The summed E-state index contributed by atoms with van der Waals surface area (Å²) < 4.78 is 16.5. The molecule has 0 spiro atoms. The highest BCUT2D eigenvalue weighted by atomic mass is 16.5. The third kappa shape index (κ3) is 5.54. The number of methoxy groups -OCH3 is 2. The topological polar surface area (TPSA) is 91.0 Å². The van der Waals surface area contributed by atoms with Crippen LogP contribution in [-0.4, -0.2) is 31.7 Å². The first-order valence-electron chi connectivity index (χ1n) is 8.41. The Morgan fingerprint density at radius 1 is 1.15 bits per heavy atom. The van der Waals surface area contributed by atoms with Crippen LogP contribution >= 0.6 is 0 Å². The third-order valence-corrected chi connectivity index (χ3v) is 3.51. The zero-order valence-electron chi connectivity index (χ0n) is 15.7. The highest BCUT2D eigenvalue weighted by Gasteiger charge is 2.13. The van der Waals surface area contributed by atoms with Crippen molar-refractivity contribution >= 4 is 5.96 Å². The summed E-state index contributed by atoms with van der Waals surface area (Å²) in [5, 5.41) is 3.08. The minimum absolute atomic E-state index is 0.429. The normalized spacial score (nSPS) is 11.3. The van der Waals surface area contributed by atoms with Crippen molar-refractivity contribution in [1.82, 2.24) is 10.3 Å². The molecule has 7 nitrogen and oxygen atoms in total. The summed E-state index contributed by atoms with van der Waals surface area (Å²) in [5.74, 6) is 3.00. The average Bonchev–Trinajstić information content (AvgIpc) is 2.65. The highest BCUT2D eigenvalue weighted by Crippen LogP contribution is 2.39. The molecule has 0 fully saturated rings. The van der Waals surface area contributed by atoms with E-state index < -0.39 is 0 Å². The van der Waals surface area contributed by atoms with Gasteiger partial charge in [-0.15, -0.1) is 0 Å². The molecule has 0 unspecified atom stereocenters. The number of aromatic nitrogens is 1. The Morgan fingerprint density at radius 2 is 1.85 bits per heavy atom. The van der Waals surface area contributed by atoms with Gasteiger partial charge in [0, 0.05) is 18.8 Å². The van der Waals surface area contributed by atoms with E-state index in [9.17, 15) is 0 Å². The second kappa shape index (κ2) is 9.50. The van der Waals surface area contributed by atoms with Gasteiger partial charge in [-0.25, -0.2) is 9.98 Å². The second-order valence-electron chi connectivity index (χ2n) is 6.07. The van der Waals surface area contributed by atoms with Gasteiger partial charge >= 0.3 is 0 Å². The molecule has 0 atom stereocenters.